The van der Waals surface area contributed by atoms with Gasteiger partial charge in [-0.1, -0.05) is 12.1 Å². The van der Waals surface area contributed by atoms with Crippen molar-refractivity contribution in [2.45, 2.75) is 0 Å². The van der Waals surface area contributed by atoms with Crippen molar-refractivity contribution < 1.29 is 4.79 Å². The lowest BCUT2D eigenvalue weighted by atomic mass is 10.0. The number of rotatable bonds is 0. The summed E-state index contributed by atoms with van der Waals surface area (Å²) in [4.78, 5) is 15.2. The molecule has 0 saturated carbocycles. The fourth-order valence-corrected chi connectivity index (χ4v) is 1.07. The summed E-state index contributed by atoms with van der Waals surface area (Å²) in [7, 11) is 0. The van der Waals surface area contributed by atoms with Crippen molar-refractivity contribution in [3.05, 3.63) is 36.2 Å². The molecular weight excluding hydrogens is 138 g/mol. The zero-order chi connectivity index (χ0) is 7.68. The van der Waals surface area contributed by atoms with Crippen molar-refractivity contribution in [2.24, 2.45) is 4.99 Å². The number of para-hydroxylation sites is 1. The molecule has 0 unspecified atom stereocenters. The molecule has 0 amide bonds. The third kappa shape index (κ3) is 0.963. The number of benzene rings is 1. The second kappa shape index (κ2) is 2.31. The second-order valence-electron chi connectivity index (χ2n) is 2.33. The molecule has 1 aromatic rings. The Bertz CT molecular complexity index is 328. The highest BCUT2D eigenvalue weighted by atomic mass is 16.1. The highest BCUT2D eigenvalue weighted by Gasteiger charge is 2.12. The number of hydrogen-bond acceptors (Lipinski definition) is 2. The SMILES string of the molecule is O=C1[CH]C=Nc2ccccc21. The van der Waals surface area contributed by atoms with E-state index in [2.05, 4.69) is 4.99 Å². The number of carbonyl (C=O) groups excluding carboxylic acids is 1. The minimum Gasteiger partial charge on any atom is -0.293 e. The highest BCUT2D eigenvalue weighted by molar-refractivity contribution is 6.18. The fraction of sp³-hybridized carbons (Fsp3) is 0. The van der Waals surface area contributed by atoms with E-state index >= 15 is 0 Å². The smallest absolute Gasteiger partial charge is 0.174 e. The Labute approximate surface area is 64.6 Å². The molecule has 0 saturated heterocycles. The first-order chi connectivity index (χ1) is 5.38. The third-order valence-corrected chi connectivity index (χ3v) is 1.61. The molecule has 2 heteroatoms. The Morgan fingerprint density at radius 2 is 2.00 bits per heavy atom. The second-order valence-corrected chi connectivity index (χ2v) is 2.33. The van der Waals surface area contributed by atoms with Crippen molar-refractivity contribution in [1.29, 1.82) is 0 Å². The molecule has 2 rings (SSSR count). The van der Waals surface area contributed by atoms with E-state index in [0.717, 1.165) is 5.69 Å². The van der Waals surface area contributed by atoms with E-state index in [-0.39, 0.29) is 5.78 Å². The first-order valence-electron chi connectivity index (χ1n) is 3.39. The first-order valence-corrected chi connectivity index (χ1v) is 3.39. The van der Waals surface area contributed by atoms with Crippen LogP contribution in [0.2, 0.25) is 0 Å². The van der Waals surface area contributed by atoms with Crippen LogP contribution in [0.4, 0.5) is 5.69 Å². The van der Waals surface area contributed by atoms with Crippen LogP contribution >= 0.6 is 0 Å². The summed E-state index contributed by atoms with van der Waals surface area (Å²) in [5, 5.41) is 0. The summed E-state index contributed by atoms with van der Waals surface area (Å²) in [6, 6.07) is 7.32. The van der Waals surface area contributed by atoms with Gasteiger partial charge in [-0.05, 0) is 12.1 Å². The molecule has 0 N–H and O–H groups in total. The number of nitrogens with zero attached hydrogens (tertiary/aromatic N) is 1. The van der Waals surface area contributed by atoms with Gasteiger partial charge in [-0.2, -0.15) is 0 Å². The van der Waals surface area contributed by atoms with Crippen LogP contribution in [0.25, 0.3) is 0 Å². The predicted octanol–water partition coefficient (Wildman–Crippen LogP) is 1.79. The molecule has 53 valence electrons. The first kappa shape index (κ1) is 6.28. The maximum atomic E-state index is 11.1. The number of carbonyl (C=O) groups is 1. The van der Waals surface area contributed by atoms with Crippen LogP contribution in [-0.2, 0) is 0 Å². The van der Waals surface area contributed by atoms with E-state index in [1.165, 1.54) is 12.6 Å². The van der Waals surface area contributed by atoms with Gasteiger partial charge >= 0.3 is 0 Å². The maximum Gasteiger partial charge on any atom is 0.174 e. The minimum absolute atomic E-state index is 0.0376. The van der Waals surface area contributed by atoms with Gasteiger partial charge in [0, 0.05) is 11.8 Å². The number of aliphatic imine (C=N–C) groups is 1. The number of ketones is 1. The molecule has 0 atom stereocenters. The number of fused-ring (bicyclic) bond motifs is 1. The van der Waals surface area contributed by atoms with Crippen molar-refractivity contribution in [3.63, 3.8) is 0 Å². The molecule has 0 aliphatic carbocycles. The summed E-state index contributed by atoms with van der Waals surface area (Å²) in [5.41, 5.74) is 1.45. The van der Waals surface area contributed by atoms with Gasteiger partial charge < -0.3 is 0 Å². The molecule has 0 spiro atoms. The zero-order valence-corrected chi connectivity index (χ0v) is 5.82. The van der Waals surface area contributed by atoms with Crippen molar-refractivity contribution in [3.8, 4) is 0 Å². The summed E-state index contributed by atoms with van der Waals surface area (Å²) in [6.45, 7) is 0. The minimum atomic E-state index is 0.0376. The fourth-order valence-electron chi connectivity index (χ4n) is 1.07. The van der Waals surface area contributed by atoms with Crippen LogP contribution < -0.4 is 0 Å². The third-order valence-electron chi connectivity index (χ3n) is 1.61. The lowest BCUT2D eigenvalue weighted by Gasteiger charge is -2.05. The van der Waals surface area contributed by atoms with Gasteiger partial charge in [0.05, 0.1) is 12.1 Å². The van der Waals surface area contributed by atoms with Crippen molar-refractivity contribution in [2.75, 3.05) is 0 Å². The molecule has 0 fully saturated rings. The number of Topliss-reactive ketones (excluding diaryl/α,β-unsaturated/α-hetero) is 1. The van der Waals surface area contributed by atoms with Gasteiger partial charge in [-0.3, -0.25) is 9.79 Å². The van der Waals surface area contributed by atoms with Gasteiger partial charge in [-0.15, -0.1) is 0 Å². The van der Waals surface area contributed by atoms with Gasteiger partial charge in [0.25, 0.3) is 0 Å². The van der Waals surface area contributed by atoms with Gasteiger partial charge in [0.1, 0.15) is 0 Å². The zero-order valence-electron chi connectivity index (χ0n) is 5.82. The Kier molecular flexibility index (Phi) is 1.32. The Balaban J connectivity index is 2.63. The molecular formula is C9H6NO. The average molecular weight is 144 g/mol. The lowest BCUT2D eigenvalue weighted by molar-refractivity contribution is 0.103. The number of hydrogen-bond donors (Lipinski definition) is 0. The topological polar surface area (TPSA) is 29.4 Å². The van der Waals surface area contributed by atoms with E-state index in [9.17, 15) is 4.79 Å². The average Bonchev–Trinajstić information content (AvgIpc) is 2.06. The predicted molar refractivity (Wildman–Crippen MR) is 43.2 cm³/mol. The molecule has 0 aromatic heterocycles. The molecule has 1 heterocycles. The Hall–Kier alpha value is -1.44. The van der Waals surface area contributed by atoms with Gasteiger partial charge in [0.2, 0.25) is 0 Å². The monoisotopic (exact) mass is 144 g/mol. The molecule has 11 heavy (non-hydrogen) atoms. The molecule has 1 aliphatic rings. The van der Waals surface area contributed by atoms with Crippen LogP contribution in [0.15, 0.2) is 29.3 Å². The van der Waals surface area contributed by atoms with Crippen LogP contribution in [0.1, 0.15) is 10.4 Å². The normalized spacial score (nSPS) is 14.7. The van der Waals surface area contributed by atoms with E-state index in [1.54, 1.807) is 6.07 Å². The summed E-state index contributed by atoms with van der Waals surface area (Å²) in [6.07, 6.45) is 3.01. The van der Waals surface area contributed by atoms with Crippen LogP contribution in [-0.4, -0.2) is 12.0 Å². The molecule has 0 bridgehead atoms. The highest BCUT2D eigenvalue weighted by Crippen LogP contribution is 2.22. The van der Waals surface area contributed by atoms with E-state index in [1.807, 2.05) is 18.2 Å². The summed E-state index contributed by atoms with van der Waals surface area (Å²) < 4.78 is 0. The standard InChI is InChI=1S/C9H6NO/c11-9-5-6-10-8-4-2-1-3-7(8)9/h1-6H. The molecule has 1 aliphatic heterocycles. The van der Waals surface area contributed by atoms with E-state index < -0.39 is 0 Å². The summed E-state index contributed by atoms with van der Waals surface area (Å²) in [5.74, 6) is 0.0376. The quantitative estimate of drug-likeness (QED) is 0.545. The lowest BCUT2D eigenvalue weighted by Crippen LogP contribution is -2.04. The van der Waals surface area contributed by atoms with E-state index in [0.29, 0.717) is 5.56 Å². The maximum absolute atomic E-state index is 11.1. The van der Waals surface area contributed by atoms with Crippen LogP contribution in [0.5, 0.6) is 0 Å². The Morgan fingerprint density at radius 1 is 1.18 bits per heavy atom. The van der Waals surface area contributed by atoms with Crippen LogP contribution in [0, 0.1) is 6.42 Å². The van der Waals surface area contributed by atoms with Crippen molar-refractivity contribution in [1.82, 2.24) is 0 Å². The Morgan fingerprint density at radius 3 is 2.82 bits per heavy atom. The van der Waals surface area contributed by atoms with Crippen molar-refractivity contribution >= 4 is 17.7 Å². The molecule has 1 aromatic carbocycles. The van der Waals surface area contributed by atoms with Crippen LogP contribution in [0.3, 0.4) is 0 Å². The molecule has 2 nitrogen and oxygen atoms in total. The van der Waals surface area contributed by atoms with E-state index in [4.69, 9.17) is 0 Å². The van der Waals surface area contributed by atoms with Gasteiger partial charge in [0.15, 0.2) is 5.78 Å². The summed E-state index contributed by atoms with van der Waals surface area (Å²) >= 11 is 0. The van der Waals surface area contributed by atoms with Gasteiger partial charge in [-0.25, -0.2) is 0 Å². The largest absolute Gasteiger partial charge is 0.293 e. The molecule has 1 radical (unpaired) electrons.